The van der Waals surface area contributed by atoms with E-state index in [0.29, 0.717) is 108 Å². The van der Waals surface area contributed by atoms with Crippen LogP contribution in [0.5, 0.6) is 0 Å². The molecule has 17 heteroatoms. The number of hydrogen-bond acceptors (Lipinski definition) is 9. The van der Waals surface area contributed by atoms with E-state index < -0.39 is 21.3 Å². The van der Waals surface area contributed by atoms with Gasteiger partial charge in [0.05, 0.1) is 32.8 Å². The van der Waals surface area contributed by atoms with Gasteiger partial charge in [-0.1, -0.05) is 6.07 Å². The number of nitrogens with zero attached hydrogens (tertiary/aromatic N) is 8. The summed E-state index contributed by atoms with van der Waals surface area (Å²) in [6.07, 6.45) is 7.85. The lowest BCUT2D eigenvalue weighted by Gasteiger charge is -2.34. The van der Waals surface area contributed by atoms with Gasteiger partial charge in [0.1, 0.15) is 28.7 Å². The monoisotopic (exact) mass is 887 g/mol. The molecule has 4 aliphatic rings. The number of H-pyrrole nitrogens is 1. The molecule has 4 aromatic heterocycles. The molecule has 0 spiro atoms. The van der Waals surface area contributed by atoms with Crippen molar-refractivity contribution >= 4 is 38.1 Å². The van der Waals surface area contributed by atoms with E-state index in [9.17, 15) is 13.8 Å². The van der Waals surface area contributed by atoms with E-state index >= 15 is 9.18 Å². The van der Waals surface area contributed by atoms with Crippen LogP contribution in [0.25, 0.3) is 28.1 Å². The minimum Gasteiger partial charge on any atom is -0.381 e. The SMILES string of the molecule is Cc1cc(-n2nc3c(c2-n2ccn(-c4ccc([S@]5(=O)=NCCC5)cc4)c2=O)[C@H](C)N(C(=O)c2cc4cc(C5CCOCC5)ccc4n2C2(c4nsc(=O)[nH]4)CC2)CC3)cc(C)c1F. The lowest BCUT2D eigenvalue weighted by atomic mass is 9.91. The molecular formula is C46H46FN9O5S2. The zero-order chi connectivity index (χ0) is 43.4. The summed E-state index contributed by atoms with van der Waals surface area (Å²) in [5.41, 5.74) is 5.04. The van der Waals surface area contributed by atoms with Gasteiger partial charge >= 0.3 is 10.6 Å². The second kappa shape index (κ2) is 14.8. The highest BCUT2D eigenvalue weighted by Crippen LogP contribution is 2.51. The Morgan fingerprint density at radius 3 is 2.40 bits per heavy atom. The lowest BCUT2D eigenvalue weighted by molar-refractivity contribution is 0.0664. The highest BCUT2D eigenvalue weighted by atomic mass is 32.2. The van der Waals surface area contributed by atoms with Crippen LogP contribution in [-0.2, 0) is 26.4 Å². The molecule has 3 aromatic carbocycles. The second-order valence-electron chi connectivity index (χ2n) is 17.3. The first-order valence-corrected chi connectivity index (χ1v) is 24.0. The molecule has 0 unspecified atom stereocenters. The number of carbonyl (C=O) groups is 1. The van der Waals surface area contributed by atoms with Crippen LogP contribution in [0, 0.1) is 19.7 Å². The number of carbonyl (C=O) groups excluding carboxylic acids is 1. The summed E-state index contributed by atoms with van der Waals surface area (Å²) in [7, 11) is -2.46. The number of aryl methyl sites for hydroxylation is 2. The van der Waals surface area contributed by atoms with Crippen molar-refractivity contribution in [2.75, 3.05) is 32.1 Å². The maximum Gasteiger partial charge on any atom is 0.338 e. The molecule has 0 radical (unpaired) electrons. The predicted octanol–water partition coefficient (Wildman–Crippen LogP) is 7.09. The number of hydrogen-bond donors (Lipinski definition) is 1. The molecule has 0 bridgehead atoms. The van der Waals surface area contributed by atoms with Crippen molar-refractivity contribution < 1.29 is 18.1 Å². The predicted molar refractivity (Wildman–Crippen MR) is 238 cm³/mol. The van der Waals surface area contributed by atoms with E-state index in [-0.39, 0.29) is 22.3 Å². The van der Waals surface area contributed by atoms with Gasteiger partial charge in [-0.3, -0.25) is 23.7 Å². The summed E-state index contributed by atoms with van der Waals surface area (Å²) in [6.45, 7) is 7.73. The van der Waals surface area contributed by atoms with Crippen molar-refractivity contribution in [3.8, 4) is 17.2 Å². The molecule has 1 saturated heterocycles. The van der Waals surface area contributed by atoms with Crippen molar-refractivity contribution in [2.45, 2.75) is 81.7 Å². The molecule has 2 atom stereocenters. The van der Waals surface area contributed by atoms with Crippen LogP contribution < -0.4 is 10.6 Å². The van der Waals surface area contributed by atoms with E-state index in [1.165, 1.54) is 14.7 Å². The van der Waals surface area contributed by atoms with Crippen LogP contribution in [0.1, 0.15) is 95.2 Å². The maximum absolute atomic E-state index is 15.4. The zero-order valence-electron chi connectivity index (χ0n) is 35.2. The topological polar surface area (TPSA) is 154 Å². The van der Waals surface area contributed by atoms with Gasteiger partial charge in [0.25, 0.3) is 5.91 Å². The van der Waals surface area contributed by atoms with Crippen molar-refractivity contribution in [3.63, 3.8) is 0 Å². The van der Waals surface area contributed by atoms with E-state index in [4.69, 9.17) is 9.84 Å². The number of rotatable bonds is 8. The Morgan fingerprint density at radius 2 is 1.71 bits per heavy atom. The van der Waals surface area contributed by atoms with Crippen molar-refractivity contribution in [2.24, 2.45) is 4.36 Å². The molecule has 1 N–H and O–H groups in total. The fourth-order valence-corrected chi connectivity index (χ4v) is 12.6. The molecule has 11 rings (SSSR count). The minimum atomic E-state index is -2.46. The first-order valence-electron chi connectivity index (χ1n) is 21.6. The molecule has 7 heterocycles. The highest BCUT2D eigenvalue weighted by molar-refractivity contribution is 7.93. The van der Waals surface area contributed by atoms with Gasteiger partial charge in [-0.05, 0) is 130 Å². The first-order chi connectivity index (χ1) is 30.4. The van der Waals surface area contributed by atoms with Crippen LogP contribution in [0.2, 0.25) is 0 Å². The molecule has 3 aliphatic heterocycles. The fourth-order valence-electron chi connectivity index (χ4n) is 10.1. The molecule has 14 nitrogen and oxygen atoms in total. The smallest absolute Gasteiger partial charge is 0.338 e. The third-order valence-corrected chi connectivity index (χ3v) is 16.5. The molecule has 1 amide bonds. The van der Waals surface area contributed by atoms with Crippen molar-refractivity contribution in [1.82, 2.24) is 37.7 Å². The summed E-state index contributed by atoms with van der Waals surface area (Å²) < 4.78 is 49.9. The lowest BCUT2D eigenvalue weighted by Crippen LogP contribution is -2.41. The van der Waals surface area contributed by atoms with Crippen LogP contribution in [0.3, 0.4) is 0 Å². The highest BCUT2D eigenvalue weighted by Gasteiger charge is 2.52. The molecule has 7 aromatic rings. The van der Waals surface area contributed by atoms with Gasteiger partial charge in [0.15, 0.2) is 0 Å². The van der Waals surface area contributed by atoms with Crippen LogP contribution in [0.4, 0.5) is 4.39 Å². The van der Waals surface area contributed by atoms with Crippen LogP contribution >= 0.6 is 11.5 Å². The van der Waals surface area contributed by atoms with Crippen LogP contribution in [-0.4, -0.2) is 79.9 Å². The largest absolute Gasteiger partial charge is 0.381 e. The minimum absolute atomic E-state index is 0.190. The Balaban J connectivity index is 1.03. The Labute approximate surface area is 366 Å². The van der Waals surface area contributed by atoms with Crippen molar-refractivity contribution in [3.05, 3.63) is 138 Å². The fraction of sp³-hybridized carbons (Fsp3) is 0.370. The molecule has 324 valence electrons. The standard InChI is InChI=1S/C46H46FN9O5S2/c1-27-23-34(24-28(2)40(27)47)56-41(54-19-18-53(45(54)59)33-6-8-35(9-7-33)63(60)22-4-16-48-63)39-29(3)52(17-11-36(39)50-56)42(57)38-26-32-25-31(30-12-20-61-21-13-30)5-10-37(32)55(38)46(14-15-46)43-49-44(58)62-51-43/h5-10,18-19,23-26,29-30H,4,11-17,20-22H2,1-3H3,(H,49,51,58)/t29-,63-/m0/s1. The van der Waals surface area contributed by atoms with Crippen LogP contribution in [0.15, 0.2) is 91.9 Å². The Kier molecular flexibility index (Phi) is 9.40. The van der Waals surface area contributed by atoms with E-state index in [1.54, 1.807) is 67.3 Å². The van der Waals surface area contributed by atoms with Gasteiger partial charge in [-0.15, -0.1) is 0 Å². The molecule has 2 fully saturated rings. The first kappa shape index (κ1) is 39.9. The summed E-state index contributed by atoms with van der Waals surface area (Å²) in [5.74, 6) is 1.38. The number of halogens is 1. The average Bonchev–Trinajstić information content (AvgIpc) is 3.80. The van der Waals surface area contributed by atoms with E-state index in [2.05, 4.69) is 36.5 Å². The van der Waals surface area contributed by atoms with Gasteiger partial charge < -0.3 is 14.2 Å². The summed E-state index contributed by atoms with van der Waals surface area (Å²) in [5, 5.41) is 6.04. The Bertz CT molecular complexity index is 3220. The molecule has 1 saturated carbocycles. The van der Waals surface area contributed by atoms with Gasteiger partial charge in [-0.25, -0.2) is 22.4 Å². The Hall–Kier alpha value is -5.91. The number of imidazole rings is 1. The summed E-state index contributed by atoms with van der Waals surface area (Å²) in [6, 6.07) is 18.4. The number of benzene rings is 3. The number of amides is 1. The quantitative estimate of drug-likeness (QED) is 0.171. The molecular weight excluding hydrogens is 842 g/mol. The van der Waals surface area contributed by atoms with Gasteiger partial charge in [0, 0.05) is 83.8 Å². The van der Waals surface area contributed by atoms with E-state index in [0.717, 1.165) is 47.4 Å². The zero-order valence-corrected chi connectivity index (χ0v) is 36.8. The average molecular weight is 888 g/mol. The number of aromatic amines is 1. The molecule has 1 aliphatic carbocycles. The summed E-state index contributed by atoms with van der Waals surface area (Å²) in [4.78, 5) is 47.7. The number of fused-ring (bicyclic) bond motifs is 2. The third kappa shape index (κ3) is 6.40. The number of aromatic nitrogens is 7. The normalized spacial score (nSPS) is 20.9. The third-order valence-electron chi connectivity index (χ3n) is 13.5. The summed E-state index contributed by atoms with van der Waals surface area (Å²) >= 11 is 0.883. The maximum atomic E-state index is 15.4. The van der Waals surface area contributed by atoms with Gasteiger partial charge in [0.2, 0.25) is 0 Å². The molecule has 63 heavy (non-hydrogen) atoms. The second-order valence-corrected chi connectivity index (χ2v) is 20.5. The number of ether oxygens (including phenoxy) is 1. The van der Waals surface area contributed by atoms with Crippen molar-refractivity contribution in [1.29, 1.82) is 0 Å². The Morgan fingerprint density at radius 1 is 0.968 bits per heavy atom. The van der Waals surface area contributed by atoms with E-state index in [1.807, 2.05) is 17.9 Å². The van der Waals surface area contributed by atoms with Gasteiger partial charge in [-0.2, -0.15) is 9.47 Å². The number of nitrogens with one attached hydrogen (secondary N) is 1.